The lowest BCUT2D eigenvalue weighted by Crippen LogP contribution is -2.36. The van der Waals surface area contributed by atoms with E-state index in [0.29, 0.717) is 12.2 Å². The number of fused-ring (bicyclic) bond motifs is 1. The molecule has 6 nitrogen and oxygen atoms in total. The summed E-state index contributed by atoms with van der Waals surface area (Å²) in [6.07, 6.45) is 0. The normalized spacial score (nSPS) is 20.5. The van der Waals surface area contributed by atoms with Gasteiger partial charge in [0.1, 0.15) is 5.69 Å². The lowest BCUT2D eigenvalue weighted by molar-refractivity contribution is 0.0994. The second-order valence-electron chi connectivity index (χ2n) is 3.47. The lowest BCUT2D eigenvalue weighted by Gasteiger charge is -2.22. The summed E-state index contributed by atoms with van der Waals surface area (Å²) in [6, 6.07) is 0.0515. The van der Waals surface area contributed by atoms with Gasteiger partial charge in [0, 0.05) is 19.1 Å². The van der Waals surface area contributed by atoms with Crippen LogP contribution in [0, 0.1) is 0 Å². The molecule has 2 heterocycles. The van der Waals surface area contributed by atoms with Crippen LogP contribution in [0.25, 0.3) is 0 Å². The Morgan fingerprint density at radius 2 is 2.36 bits per heavy atom. The molecule has 0 bridgehead atoms. The molecule has 0 saturated carbocycles. The number of carbonyl (C=O) groups excluding carboxylic acids is 1. The molecule has 1 aliphatic rings. The zero-order chi connectivity index (χ0) is 10.3. The molecular formula is C8H12N4O2. The van der Waals surface area contributed by atoms with Crippen LogP contribution in [-0.2, 0) is 6.54 Å². The highest BCUT2D eigenvalue weighted by Crippen LogP contribution is 2.14. The third kappa shape index (κ3) is 1.15. The molecule has 1 aliphatic heterocycles. The average Bonchev–Trinajstić information content (AvgIpc) is 2.45. The van der Waals surface area contributed by atoms with Gasteiger partial charge in [-0.05, 0) is 6.92 Å². The maximum absolute atomic E-state index is 11.5. The third-order valence-electron chi connectivity index (χ3n) is 2.45. The Kier molecular flexibility index (Phi) is 1.92. The Morgan fingerprint density at radius 3 is 3.00 bits per heavy atom. The monoisotopic (exact) mass is 196 g/mol. The predicted octanol–water partition coefficient (Wildman–Crippen LogP) is -1.06. The largest absolute Gasteiger partial charge is 0.364 e. The molecule has 0 saturated heterocycles. The van der Waals surface area contributed by atoms with Gasteiger partial charge in [-0.1, -0.05) is 0 Å². The summed E-state index contributed by atoms with van der Waals surface area (Å²) in [7, 11) is 0. The highest BCUT2D eigenvalue weighted by molar-refractivity contribution is 5.92. The zero-order valence-electron chi connectivity index (χ0n) is 7.83. The Morgan fingerprint density at radius 1 is 1.64 bits per heavy atom. The number of H-pyrrole nitrogens is 1. The second-order valence-corrected chi connectivity index (χ2v) is 3.47. The summed E-state index contributed by atoms with van der Waals surface area (Å²) in [4.78, 5) is 25.0. The van der Waals surface area contributed by atoms with Gasteiger partial charge in [0.2, 0.25) is 0 Å². The van der Waals surface area contributed by atoms with Crippen LogP contribution < -0.4 is 16.7 Å². The molecule has 0 aromatic carbocycles. The lowest BCUT2D eigenvalue weighted by atomic mass is 10.2. The van der Waals surface area contributed by atoms with Crippen LogP contribution >= 0.6 is 0 Å². The molecule has 0 radical (unpaired) electrons. The van der Waals surface area contributed by atoms with Crippen LogP contribution in [0.3, 0.4) is 0 Å². The molecular weight excluding hydrogens is 184 g/mol. The number of imidazole rings is 1. The number of carbonyl (C=O) groups is 1. The van der Waals surface area contributed by atoms with Crippen molar-refractivity contribution < 1.29 is 4.79 Å². The second kappa shape index (κ2) is 2.98. The van der Waals surface area contributed by atoms with Crippen molar-refractivity contribution in [1.82, 2.24) is 14.9 Å². The minimum atomic E-state index is -0.591. The summed E-state index contributed by atoms with van der Waals surface area (Å²) in [5, 5.41) is 3.11. The minimum Gasteiger partial charge on any atom is -0.364 e. The first kappa shape index (κ1) is 9.01. The van der Waals surface area contributed by atoms with Gasteiger partial charge in [-0.3, -0.25) is 9.36 Å². The number of amides is 1. The fraction of sp³-hybridized carbons (Fsp3) is 0.500. The molecule has 6 heteroatoms. The molecule has 1 aromatic rings. The molecule has 0 spiro atoms. The van der Waals surface area contributed by atoms with Crippen molar-refractivity contribution in [2.24, 2.45) is 5.73 Å². The number of nitrogens with two attached hydrogens (primary N) is 1. The number of nitrogens with one attached hydrogen (secondary N) is 2. The molecule has 1 unspecified atom stereocenters. The first-order chi connectivity index (χ1) is 6.61. The van der Waals surface area contributed by atoms with E-state index in [4.69, 9.17) is 5.73 Å². The van der Waals surface area contributed by atoms with Gasteiger partial charge in [-0.25, -0.2) is 4.79 Å². The van der Waals surface area contributed by atoms with E-state index in [2.05, 4.69) is 10.3 Å². The molecule has 1 atom stereocenters. The minimum absolute atomic E-state index is 0.0515. The zero-order valence-corrected chi connectivity index (χ0v) is 7.83. The maximum atomic E-state index is 11.5. The highest BCUT2D eigenvalue weighted by atomic mass is 16.2. The first-order valence-corrected chi connectivity index (χ1v) is 4.45. The van der Waals surface area contributed by atoms with Crippen molar-refractivity contribution in [3.05, 3.63) is 21.9 Å². The smallest absolute Gasteiger partial charge is 0.326 e. The van der Waals surface area contributed by atoms with Gasteiger partial charge in [0.15, 0.2) is 0 Å². The van der Waals surface area contributed by atoms with E-state index in [9.17, 15) is 9.59 Å². The average molecular weight is 196 g/mol. The molecule has 0 fully saturated rings. The molecule has 1 amide bonds. The fourth-order valence-corrected chi connectivity index (χ4v) is 1.82. The van der Waals surface area contributed by atoms with E-state index in [1.165, 1.54) is 0 Å². The fourth-order valence-electron chi connectivity index (χ4n) is 1.82. The number of nitrogens with zero attached hydrogens (tertiary/aromatic N) is 1. The predicted molar refractivity (Wildman–Crippen MR) is 50.0 cm³/mol. The van der Waals surface area contributed by atoms with Crippen molar-refractivity contribution in [2.45, 2.75) is 19.5 Å². The van der Waals surface area contributed by atoms with Crippen molar-refractivity contribution in [1.29, 1.82) is 0 Å². The molecule has 76 valence electrons. The Balaban J connectivity index is 2.63. The van der Waals surface area contributed by atoms with Gasteiger partial charge in [-0.2, -0.15) is 0 Å². The SMILES string of the molecule is CC1CNCc2c(C(N)=O)[nH]c(=O)n21. The van der Waals surface area contributed by atoms with E-state index in [0.717, 1.165) is 6.54 Å². The van der Waals surface area contributed by atoms with E-state index in [1.807, 2.05) is 6.92 Å². The summed E-state index contributed by atoms with van der Waals surface area (Å²) in [5.41, 5.74) is 5.76. The third-order valence-corrected chi connectivity index (χ3v) is 2.45. The Labute approximate surface area is 80.1 Å². The van der Waals surface area contributed by atoms with Crippen LogP contribution in [0.2, 0.25) is 0 Å². The maximum Gasteiger partial charge on any atom is 0.326 e. The van der Waals surface area contributed by atoms with E-state index in [1.54, 1.807) is 4.57 Å². The first-order valence-electron chi connectivity index (χ1n) is 4.45. The van der Waals surface area contributed by atoms with Gasteiger partial charge in [0.25, 0.3) is 5.91 Å². The van der Waals surface area contributed by atoms with Gasteiger partial charge >= 0.3 is 5.69 Å². The van der Waals surface area contributed by atoms with Gasteiger partial charge < -0.3 is 16.0 Å². The number of primary amides is 1. The van der Waals surface area contributed by atoms with Gasteiger partial charge in [-0.15, -0.1) is 0 Å². The quantitative estimate of drug-likeness (QED) is 0.534. The van der Waals surface area contributed by atoms with Gasteiger partial charge in [0.05, 0.1) is 5.69 Å². The molecule has 1 aromatic heterocycles. The van der Waals surface area contributed by atoms with Crippen LogP contribution in [0.15, 0.2) is 4.79 Å². The van der Waals surface area contributed by atoms with E-state index < -0.39 is 5.91 Å². The number of rotatable bonds is 1. The van der Waals surface area contributed by atoms with Crippen LogP contribution in [0.1, 0.15) is 29.1 Å². The van der Waals surface area contributed by atoms with Crippen molar-refractivity contribution in [2.75, 3.05) is 6.54 Å². The number of hydrogen-bond donors (Lipinski definition) is 3. The standard InChI is InChI=1S/C8H12N4O2/c1-4-2-10-3-5-6(7(9)13)11-8(14)12(4)5/h4,10H,2-3H2,1H3,(H2,9,13)(H,11,14). The Bertz CT molecular complexity index is 431. The number of hydrogen-bond acceptors (Lipinski definition) is 3. The molecule has 2 rings (SSSR count). The number of aromatic amines is 1. The van der Waals surface area contributed by atoms with Crippen molar-refractivity contribution in [3.63, 3.8) is 0 Å². The summed E-state index contributed by atoms with van der Waals surface area (Å²) >= 11 is 0. The van der Waals surface area contributed by atoms with Crippen LogP contribution in [-0.4, -0.2) is 22.0 Å². The van der Waals surface area contributed by atoms with Crippen molar-refractivity contribution in [3.8, 4) is 0 Å². The highest BCUT2D eigenvalue weighted by Gasteiger charge is 2.23. The van der Waals surface area contributed by atoms with E-state index in [-0.39, 0.29) is 17.4 Å². The van der Waals surface area contributed by atoms with Crippen LogP contribution in [0.4, 0.5) is 0 Å². The van der Waals surface area contributed by atoms with Crippen LogP contribution in [0.5, 0.6) is 0 Å². The van der Waals surface area contributed by atoms with Crippen molar-refractivity contribution >= 4 is 5.91 Å². The van der Waals surface area contributed by atoms with E-state index >= 15 is 0 Å². The molecule has 0 aliphatic carbocycles. The Hall–Kier alpha value is -1.56. The molecule has 14 heavy (non-hydrogen) atoms. The topological polar surface area (TPSA) is 92.9 Å². The number of aromatic nitrogens is 2. The molecule has 4 N–H and O–H groups in total. The summed E-state index contributed by atoms with van der Waals surface area (Å²) in [6.45, 7) is 3.14. The summed E-state index contributed by atoms with van der Waals surface area (Å²) in [5.74, 6) is -0.591. The summed E-state index contributed by atoms with van der Waals surface area (Å²) < 4.78 is 1.58.